The summed E-state index contributed by atoms with van der Waals surface area (Å²) in [6.45, 7) is 0.0267. The van der Waals surface area contributed by atoms with E-state index in [0.717, 1.165) is 22.2 Å². The van der Waals surface area contributed by atoms with Gasteiger partial charge in [0.25, 0.3) is 5.69 Å². The van der Waals surface area contributed by atoms with Gasteiger partial charge in [0.1, 0.15) is 6.61 Å². The normalized spacial score (nSPS) is 14.1. The molecule has 1 aliphatic carbocycles. The number of hydrogen-bond donors (Lipinski definition) is 0. The number of pyridine rings is 1. The van der Waals surface area contributed by atoms with E-state index in [0.29, 0.717) is 17.0 Å². The third-order valence-electron chi connectivity index (χ3n) is 6.74. The van der Waals surface area contributed by atoms with E-state index < -0.39 is 10.9 Å². The van der Waals surface area contributed by atoms with Gasteiger partial charge in [-0.2, -0.15) is 0 Å². The Balaban J connectivity index is 1.40. The summed E-state index contributed by atoms with van der Waals surface area (Å²) in [5, 5.41) is 11.6. The molecule has 5 rings (SSSR count). The molecule has 0 aliphatic heterocycles. The van der Waals surface area contributed by atoms with Crippen LogP contribution in [-0.4, -0.2) is 15.9 Å². The molecule has 6 heteroatoms. The molecule has 0 atom stereocenters. The highest BCUT2D eigenvalue weighted by molar-refractivity contribution is 6.04. The zero-order chi connectivity index (χ0) is 24.2. The van der Waals surface area contributed by atoms with Crippen molar-refractivity contribution in [2.45, 2.75) is 44.6 Å². The molecule has 0 N–H and O–H groups in total. The fraction of sp³-hybridized carbons (Fsp3) is 0.241. The summed E-state index contributed by atoms with van der Waals surface area (Å²) >= 11 is 0. The van der Waals surface area contributed by atoms with Crippen LogP contribution in [-0.2, 0) is 11.3 Å². The van der Waals surface area contributed by atoms with E-state index in [4.69, 9.17) is 9.72 Å². The van der Waals surface area contributed by atoms with Crippen molar-refractivity contribution >= 4 is 22.6 Å². The zero-order valence-corrected chi connectivity index (χ0v) is 19.4. The van der Waals surface area contributed by atoms with Crippen molar-refractivity contribution in [1.29, 1.82) is 0 Å². The zero-order valence-electron chi connectivity index (χ0n) is 19.4. The largest absolute Gasteiger partial charge is 0.457 e. The van der Waals surface area contributed by atoms with Gasteiger partial charge in [-0.3, -0.25) is 10.1 Å². The van der Waals surface area contributed by atoms with Crippen molar-refractivity contribution in [3.63, 3.8) is 0 Å². The highest BCUT2D eigenvalue weighted by atomic mass is 16.6. The smallest absolute Gasteiger partial charge is 0.339 e. The quantitative estimate of drug-likeness (QED) is 0.170. The molecule has 1 heterocycles. The molecule has 0 spiro atoms. The number of carbonyl (C=O) groups excluding carboxylic acids is 1. The SMILES string of the molecule is O=C(OCc1ccc([N+](=O)[O-])cc1)c1cc(-c2ccc(C3CCCCC3)cc2)nc2ccccc12. The monoisotopic (exact) mass is 466 g/mol. The van der Waals surface area contributed by atoms with Crippen LogP contribution < -0.4 is 0 Å². The Labute approximate surface area is 203 Å². The van der Waals surface area contributed by atoms with Gasteiger partial charge in [0, 0.05) is 23.1 Å². The maximum absolute atomic E-state index is 13.1. The van der Waals surface area contributed by atoms with Crippen molar-refractivity contribution in [2.75, 3.05) is 0 Å². The predicted octanol–water partition coefficient (Wildman–Crippen LogP) is 7.21. The van der Waals surface area contributed by atoms with Crippen LogP contribution >= 0.6 is 0 Å². The lowest BCUT2D eigenvalue weighted by molar-refractivity contribution is -0.384. The van der Waals surface area contributed by atoms with Crippen LogP contribution in [0.5, 0.6) is 0 Å². The molecule has 6 nitrogen and oxygen atoms in total. The highest BCUT2D eigenvalue weighted by Gasteiger charge is 2.18. The molecule has 0 unspecified atom stereocenters. The maximum Gasteiger partial charge on any atom is 0.339 e. The molecule has 176 valence electrons. The molecule has 1 saturated carbocycles. The Kier molecular flexibility index (Phi) is 6.53. The molecular weight excluding hydrogens is 440 g/mol. The molecule has 4 aromatic rings. The standard InChI is InChI=1S/C29H26N2O4/c32-29(35-19-20-10-16-24(17-11-20)31(33)34)26-18-28(30-27-9-5-4-8-25(26)27)23-14-12-22(13-15-23)21-6-2-1-3-7-21/h4-5,8-18,21H,1-3,6-7,19H2. The Hall–Kier alpha value is -4.06. The minimum Gasteiger partial charge on any atom is -0.457 e. The number of non-ortho nitro benzene ring substituents is 1. The average Bonchev–Trinajstić information content (AvgIpc) is 2.92. The lowest BCUT2D eigenvalue weighted by Gasteiger charge is -2.22. The summed E-state index contributed by atoms with van der Waals surface area (Å²) in [6, 6.07) is 23.9. The number of hydrogen-bond acceptors (Lipinski definition) is 5. The van der Waals surface area contributed by atoms with Gasteiger partial charge in [-0.25, -0.2) is 9.78 Å². The van der Waals surface area contributed by atoms with Gasteiger partial charge in [-0.05, 0) is 54.2 Å². The fourth-order valence-corrected chi connectivity index (χ4v) is 4.79. The summed E-state index contributed by atoms with van der Waals surface area (Å²) in [6.07, 6.45) is 6.42. The number of nitro groups is 1. The number of rotatable bonds is 6. The number of nitrogens with zero attached hydrogens (tertiary/aromatic N) is 2. The van der Waals surface area contributed by atoms with Crippen molar-refractivity contribution in [2.24, 2.45) is 0 Å². The number of esters is 1. The maximum atomic E-state index is 13.1. The van der Waals surface area contributed by atoms with E-state index in [1.165, 1.54) is 49.8 Å². The van der Waals surface area contributed by atoms with Crippen molar-refractivity contribution in [3.05, 3.63) is 106 Å². The van der Waals surface area contributed by atoms with Crippen LogP contribution in [0, 0.1) is 10.1 Å². The van der Waals surface area contributed by atoms with Gasteiger partial charge in [-0.1, -0.05) is 61.7 Å². The third kappa shape index (κ3) is 5.06. The minimum absolute atomic E-state index is 0.000601. The van der Waals surface area contributed by atoms with Gasteiger partial charge < -0.3 is 4.74 Å². The van der Waals surface area contributed by atoms with E-state index >= 15 is 0 Å². The number of aromatic nitrogens is 1. The molecule has 35 heavy (non-hydrogen) atoms. The van der Waals surface area contributed by atoms with E-state index in [-0.39, 0.29) is 12.3 Å². The predicted molar refractivity (Wildman–Crippen MR) is 135 cm³/mol. The van der Waals surface area contributed by atoms with E-state index in [1.54, 1.807) is 18.2 Å². The van der Waals surface area contributed by atoms with Gasteiger partial charge in [0.15, 0.2) is 0 Å². The van der Waals surface area contributed by atoms with Crippen molar-refractivity contribution < 1.29 is 14.5 Å². The second kappa shape index (κ2) is 10.1. The average molecular weight is 467 g/mol. The number of benzene rings is 3. The first-order valence-corrected chi connectivity index (χ1v) is 12.0. The number of nitro benzene ring substituents is 1. The molecule has 3 aromatic carbocycles. The first kappa shape index (κ1) is 22.7. The van der Waals surface area contributed by atoms with E-state index in [1.807, 2.05) is 24.3 Å². The first-order valence-electron chi connectivity index (χ1n) is 12.0. The summed E-state index contributed by atoms with van der Waals surface area (Å²) in [5.41, 5.74) is 4.91. The minimum atomic E-state index is -0.456. The fourth-order valence-electron chi connectivity index (χ4n) is 4.79. The number of para-hydroxylation sites is 1. The number of fused-ring (bicyclic) bond motifs is 1. The lowest BCUT2D eigenvalue weighted by atomic mass is 9.84. The number of ether oxygens (including phenoxy) is 1. The third-order valence-corrected chi connectivity index (χ3v) is 6.74. The summed E-state index contributed by atoms with van der Waals surface area (Å²) < 4.78 is 5.58. The second-order valence-corrected chi connectivity index (χ2v) is 9.03. The molecule has 1 fully saturated rings. The second-order valence-electron chi connectivity index (χ2n) is 9.03. The molecule has 1 aromatic heterocycles. The molecule has 0 bridgehead atoms. The van der Waals surface area contributed by atoms with Gasteiger partial charge >= 0.3 is 5.97 Å². The Bertz CT molecular complexity index is 1360. The molecular formula is C29H26N2O4. The van der Waals surface area contributed by atoms with Gasteiger partial charge in [0.2, 0.25) is 0 Å². The van der Waals surface area contributed by atoms with Crippen LogP contribution in [0.2, 0.25) is 0 Å². The highest BCUT2D eigenvalue weighted by Crippen LogP contribution is 2.34. The molecule has 1 aliphatic rings. The first-order chi connectivity index (χ1) is 17.1. The van der Waals surface area contributed by atoms with Crippen LogP contribution in [0.1, 0.15) is 59.5 Å². The Morgan fingerprint density at radius 1 is 0.943 bits per heavy atom. The van der Waals surface area contributed by atoms with Crippen molar-refractivity contribution in [3.8, 4) is 11.3 Å². The molecule has 0 radical (unpaired) electrons. The van der Waals surface area contributed by atoms with Gasteiger partial charge in [-0.15, -0.1) is 0 Å². The summed E-state index contributed by atoms with van der Waals surface area (Å²) in [5.74, 6) is 0.175. The number of carbonyl (C=O) groups is 1. The van der Waals surface area contributed by atoms with Crippen LogP contribution in [0.4, 0.5) is 5.69 Å². The van der Waals surface area contributed by atoms with Crippen LogP contribution in [0.15, 0.2) is 78.9 Å². The van der Waals surface area contributed by atoms with Gasteiger partial charge in [0.05, 0.1) is 21.7 Å². The van der Waals surface area contributed by atoms with E-state index in [9.17, 15) is 14.9 Å². The molecule has 0 amide bonds. The Morgan fingerprint density at radius 2 is 1.66 bits per heavy atom. The topological polar surface area (TPSA) is 82.3 Å². The lowest BCUT2D eigenvalue weighted by Crippen LogP contribution is -2.07. The summed E-state index contributed by atoms with van der Waals surface area (Å²) in [7, 11) is 0. The van der Waals surface area contributed by atoms with Crippen LogP contribution in [0.25, 0.3) is 22.2 Å². The Morgan fingerprint density at radius 3 is 2.37 bits per heavy atom. The summed E-state index contributed by atoms with van der Waals surface area (Å²) in [4.78, 5) is 28.3. The van der Waals surface area contributed by atoms with Crippen molar-refractivity contribution in [1.82, 2.24) is 4.98 Å². The van der Waals surface area contributed by atoms with Crippen LogP contribution in [0.3, 0.4) is 0 Å². The molecule has 0 saturated heterocycles. The van der Waals surface area contributed by atoms with E-state index in [2.05, 4.69) is 24.3 Å².